The van der Waals surface area contributed by atoms with Gasteiger partial charge in [-0.15, -0.1) is 0 Å². The van der Waals surface area contributed by atoms with E-state index in [2.05, 4.69) is 20.3 Å². The first kappa shape index (κ1) is 13.0. The Bertz CT molecular complexity index is 656. The molecular formula is C11H10N6O4. The van der Waals surface area contributed by atoms with Crippen LogP contribution in [-0.2, 0) is 9.53 Å². The molecule has 1 aromatic rings. The molecule has 2 aliphatic rings. The van der Waals surface area contributed by atoms with Crippen LogP contribution in [0, 0.1) is 0 Å². The maximum atomic E-state index is 11.8. The van der Waals surface area contributed by atoms with Crippen LogP contribution in [0.5, 0.6) is 5.75 Å². The molecule has 2 aliphatic heterocycles. The molecular weight excluding hydrogens is 280 g/mol. The Balaban J connectivity index is 1.81. The molecule has 3 heterocycles. The number of aromatic nitrogens is 1. The van der Waals surface area contributed by atoms with Gasteiger partial charge in [-0.3, -0.25) is 9.69 Å². The average molecular weight is 290 g/mol. The van der Waals surface area contributed by atoms with E-state index in [1.807, 2.05) is 0 Å². The standard InChI is InChI=1S/C11H10N6O4/c12-16-13-3-6-4-17(11(19)21-6)8-2-1-7-10(14-8)15-9(18)5-20-7/h1-2,6H,3-5H2,(H,14,15,18)/t6-/m1/s1. The monoisotopic (exact) mass is 290 g/mol. The van der Waals surface area contributed by atoms with E-state index in [4.69, 9.17) is 15.0 Å². The molecule has 1 saturated heterocycles. The second kappa shape index (κ2) is 5.17. The molecule has 0 aliphatic carbocycles. The van der Waals surface area contributed by atoms with Crippen LogP contribution in [0.4, 0.5) is 16.4 Å². The molecule has 2 amide bonds. The summed E-state index contributed by atoms with van der Waals surface area (Å²) in [5, 5.41) is 5.94. The molecule has 21 heavy (non-hydrogen) atoms. The van der Waals surface area contributed by atoms with E-state index >= 15 is 0 Å². The van der Waals surface area contributed by atoms with Crippen LogP contribution in [0.1, 0.15) is 0 Å². The molecule has 0 unspecified atom stereocenters. The van der Waals surface area contributed by atoms with E-state index in [-0.39, 0.29) is 31.4 Å². The lowest BCUT2D eigenvalue weighted by Gasteiger charge is -2.19. The summed E-state index contributed by atoms with van der Waals surface area (Å²) in [7, 11) is 0. The van der Waals surface area contributed by atoms with Crippen molar-refractivity contribution in [3.8, 4) is 5.75 Å². The highest BCUT2D eigenvalue weighted by Gasteiger charge is 2.33. The molecule has 108 valence electrons. The van der Waals surface area contributed by atoms with Gasteiger partial charge in [0.05, 0.1) is 13.1 Å². The van der Waals surface area contributed by atoms with Crippen LogP contribution >= 0.6 is 0 Å². The molecule has 0 radical (unpaired) electrons. The Kier molecular flexibility index (Phi) is 3.20. The minimum atomic E-state index is -0.580. The van der Waals surface area contributed by atoms with Crippen LogP contribution in [0.2, 0.25) is 0 Å². The van der Waals surface area contributed by atoms with Crippen molar-refractivity contribution in [2.24, 2.45) is 5.11 Å². The molecule has 0 spiro atoms. The Morgan fingerprint density at radius 3 is 3.19 bits per heavy atom. The van der Waals surface area contributed by atoms with Crippen LogP contribution in [0.15, 0.2) is 17.2 Å². The minimum absolute atomic E-state index is 0.0591. The number of anilines is 2. The number of carbonyl (C=O) groups is 2. The number of hydrogen-bond donors (Lipinski definition) is 1. The number of amides is 2. The van der Waals surface area contributed by atoms with E-state index in [1.54, 1.807) is 12.1 Å². The minimum Gasteiger partial charge on any atom is -0.480 e. The fourth-order valence-corrected chi connectivity index (χ4v) is 2.04. The van der Waals surface area contributed by atoms with E-state index < -0.39 is 12.2 Å². The van der Waals surface area contributed by atoms with Gasteiger partial charge in [-0.05, 0) is 17.7 Å². The number of ether oxygens (including phenoxy) is 2. The lowest BCUT2D eigenvalue weighted by Crippen LogP contribution is -2.29. The summed E-state index contributed by atoms with van der Waals surface area (Å²) in [6.45, 7) is 0.218. The van der Waals surface area contributed by atoms with Gasteiger partial charge in [0.2, 0.25) is 0 Å². The third-order valence-corrected chi connectivity index (χ3v) is 2.96. The molecule has 1 fully saturated rings. The third kappa shape index (κ3) is 2.51. The van der Waals surface area contributed by atoms with Crippen LogP contribution in [0.25, 0.3) is 10.4 Å². The third-order valence-electron chi connectivity index (χ3n) is 2.96. The highest BCUT2D eigenvalue weighted by atomic mass is 16.6. The zero-order valence-electron chi connectivity index (χ0n) is 10.7. The van der Waals surface area contributed by atoms with Gasteiger partial charge in [0, 0.05) is 4.91 Å². The van der Waals surface area contributed by atoms with Crippen molar-refractivity contribution in [1.82, 2.24) is 4.98 Å². The van der Waals surface area contributed by atoms with Gasteiger partial charge in [0.25, 0.3) is 5.91 Å². The van der Waals surface area contributed by atoms with Crippen molar-refractivity contribution in [2.75, 3.05) is 29.9 Å². The van der Waals surface area contributed by atoms with Crippen LogP contribution in [-0.4, -0.2) is 42.8 Å². The van der Waals surface area contributed by atoms with Gasteiger partial charge in [0.1, 0.15) is 11.9 Å². The number of carbonyl (C=O) groups excluding carboxylic acids is 2. The highest BCUT2D eigenvalue weighted by molar-refractivity contribution is 5.95. The average Bonchev–Trinajstić information content (AvgIpc) is 2.85. The number of pyridine rings is 1. The summed E-state index contributed by atoms with van der Waals surface area (Å²) >= 11 is 0. The van der Waals surface area contributed by atoms with Gasteiger partial charge in [-0.1, -0.05) is 5.11 Å². The zero-order chi connectivity index (χ0) is 14.8. The van der Waals surface area contributed by atoms with Crippen molar-refractivity contribution in [1.29, 1.82) is 0 Å². The largest absolute Gasteiger partial charge is 0.480 e. The molecule has 1 atom stereocenters. The first-order chi connectivity index (χ1) is 10.2. The highest BCUT2D eigenvalue weighted by Crippen LogP contribution is 2.29. The quantitative estimate of drug-likeness (QED) is 0.505. The van der Waals surface area contributed by atoms with Gasteiger partial charge < -0.3 is 14.8 Å². The summed E-state index contributed by atoms with van der Waals surface area (Å²) in [5.74, 6) is 0.719. The molecule has 1 N–H and O–H groups in total. The Hall–Kier alpha value is -3.00. The molecule has 3 rings (SSSR count). The maximum absolute atomic E-state index is 11.8. The number of cyclic esters (lactones) is 1. The Labute approximate surface area is 118 Å². The second-order valence-corrected chi connectivity index (χ2v) is 4.38. The molecule has 10 heteroatoms. The molecule has 0 aromatic carbocycles. The first-order valence-electron chi connectivity index (χ1n) is 6.10. The summed E-state index contributed by atoms with van der Waals surface area (Å²) in [6.07, 6.45) is -1.10. The van der Waals surface area contributed by atoms with E-state index in [0.717, 1.165) is 0 Å². The fourth-order valence-electron chi connectivity index (χ4n) is 2.04. The predicted molar refractivity (Wildman–Crippen MR) is 70.0 cm³/mol. The van der Waals surface area contributed by atoms with Gasteiger partial charge >= 0.3 is 6.09 Å². The number of rotatable bonds is 3. The van der Waals surface area contributed by atoms with Crippen molar-refractivity contribution >= 4 is 23.6 Å². The van der Waals surface area contributed by atoms with Gasteiger partial charge in [-0.25, -0.2) is 9.78 Å². The smallest absolute Gasteiger partial charge is 0.415 e. The van der Waals surface area contributed by atoms with Crippen molar-refractivity contribution in [3.05, 3.63) is 22.6 Å². The van der Waals surface area contributed by atoms with Crippen LogP contribution < -0.4 is 15.0 Å². The summed E-state index contributed by atoms with van der Waals surface area (Å²) < 4.78 is 10.2. The second-order valence-electron chi connectivity index (χ2n) is 4.38. The molecule has 10 nitrogen and oxygen atoms in total. The Morgan fingerprint density at radius 2 is 2.38 bits per heavy atom. The number of azide groups is 1. The van der Waals surface area contributed by atoms with Crippen LogP contribution in [0.3, 0.4) is 0 Å². The summed E-state index contributed by atoms with van der Waals surface area (Å²) in [5.41, 5.74) is 8.27. The molecule has 0 saturated carbocycles. The normalized spacial score (nSPS) is 20.0. The number of nitrogens with one attached hydrogen (secondary N) is 1. The fraction of sp³-hybridized carbons (Fsp3) is 0.364. The number of nitrogens with zero attached hydrogens (tertiary/aromatic N) is 5. The first-order valence-corrected chi connectivity index (χ1v) is 6.10. The van der Waals surface area contributed by atoms with Crippen molar-refractivity contribution < 1.29 is 19.1 Å². The van der Waals surface area contributed by atoms with Crippen molar-refractivity contribution in [2.45, 2.75) is 6.10 Å². The number of fused-ring (bicyclic) bond motifs is 1. The van der Waals surface area contributed by atoms with E-state index in [0.29, 0.717) is 11.6 Å². The maximum Gasteiger partial charge on any atom is 0.415 e. The lowest BCUT2D eigenvalue weighted by molar-refractivity contribution is -0.118. The molecule has 1 aromatic heterocycles. The van der Waals surface area contributed by atoms with Crippen molar-refractivity contribution in [3.63, 3.8) is 0 Å². The van der Waals surface area contributed by atoms with Gasteiger partial charge in [-0.2, -0.15) is 0 Å². The zero-order valence-corrected chi connectivity index (χ0v) is 10.7. The topological polar surface area (TPSA) is 130 Å². The van der Waals surface area contributed by atoms with E-state index in [1.165, 1.54) is 4.90 Å². The lowest BCUT2D eigenvalue weighted by atomic mass is 10.3. The summed E-state index contributed by atoms with van der Waals surface area (Å²) in [4.78, 5) is 31.2. The SMILES string of the molecule is [N-]=[N+]=NC[C@@H]1CN(c2ccc3c(n2)NC(=O)CO3)C(=O)O1. The van der Waals surface area contributed by atoms with Gasteiger partial charge in [0.15, 0.2) is 18.2 Å². The molecule has 0 bridgehead atoms. The number of hydrogen-bond acceptors (Lipinski definition) is 6. The van der Waals surface area contributed by atoms with E-state index in [9.17, 15) is 9.59 Å². The Morgan fingerprint density at radius 1 is 1.52 bits per heavy atom. The summed E-state index contributed by atoms with van der Waals surface area (Å²) in [6, 6.07) is 3.21. The predicted octanol–water partition coefficient (Wildman–Crippen LogP) is 1.05.